The van der Waals surface area contributed by atoms with Crippen LogP contribution in [0.1, 0.15) is 25.8 Å². The van der Waals surface area contributed by atoms with Gasteiger partial charge in [0.25, 0.3) is 0 Å². The number of carbonyl (C=O) groups excluding carboxylic acids is 2. The first-order chi connectivity index (χ1) is 13.0. The molecule has 0 saturated heterocycles. The lowest BCUT2D eigenvalue weighted by Crippen LogP contribution is -2.24. The molecular formula is C20H23N3O4. The summed E-state index contributed by atoms with van der Waals surface area (Å²) in [6.45, 7) is 3.88. The zero-order valence-corrected chi connectivity index (χ0v) is 15.6. The van der Waals surface area contributed by atoms with Gasteiger partial charge >= 0.3 is 0 Å². The summed E-state index contributed by atoms with van der Waals surface area (Å²) in [6.07, 6.45) is 1.22. The predicted molar refractivity (Wildman–Crippen MR) is 104 cm³/mol. The molecule has 0 bridgehead atoms. The minimum atomic E-state index is -0.513. The highest BCUT2D eigenvalue weighted by molar-refractivity contribution is 6.03. The van der Waals surface area contributed by atoms with E-state index < -0.39 is 11.8 Å². The number of hydrazone groups is 1. The van der Waals surface area contributed by atoms with E-state index in [9.17, 15) is 9.59 Å². The first kappa shape index (κ1) is 20.0. The molecule has 0 atom stereocenters. The molecule has 0 aromatic heterocycles. The number of nitrogens with one attached hydrogen (secondary N) is 2. The fraction of sp³-hybridized carbons (Fsp3) is 0.250. The number of hydrogen-bond acceptors (Lipinski definition) is 5. The van der Waals surface area contributed by atoms with E-state index in [2.05, 4.69) is 15.8 Å². The predicted octanol–water partition coefficient (Wildman–Crippen LogP) is 2.96. The smallest absolute Gasteiger partial charge is 0.249 e. The van der Waals surface area contributed by atoms with E-state index in [1.54, 1.807) is 24.3 Å². The molecule has 27 heavy (non-hydrogen) atoms. The topological polar surface area (TPSA) is 89.0 Å². The Balaban J connectivity index is 1.83. The van der Waals surface area contributed by atoms with E-state index in [0.29, 0.717) is 11.4 Å². The van der Waals surface area contributed by atoms with Crippen LogP contribution in [-0.2, 0) is 9.59 Å². The van der Waals surface area contributed by atoms with Crippen LogP contribution in [0, 0.1) is 0 Å². The van der Waals surface area contributed by atoms with Crippen molar-refractivity contribution in [3.63, 3.8) is 0 Å². The number of hydrogen-bond donors (Lipinski definition) is 2. The van der Waals surface area contributed by atoms with Gasteiger partial charge in [0.2, 0.25) is 11.8 Å². The van der Waals surface area contributed by atoms with Gasteiger partial charge in [0.1, 0.15) is 17.9 Å². The van der Waals surface area contributed by atoms with Crippen LogP contribution >= 0.6 is 0 Å². The Morgan fingerprint density at radius 3 is 2.56 bits per heavy atom. The Morgan fingerprint density at radius 2 is 1.81 bits per heavy atom. The number of methoxy groups -OCH3 is 1. The Kier molecular flexibility index (Phi) is 7.37. The molecule has 142 valence electrons. The molecule has 7 nitrogen and oxygen atoms in total. The van der Waals surface area contributed by atoms with E-state index >= 15 is 0 Å². The molecule has 0 spiro atoms. The third-order valence-electron chi connectivity index (χ3n) is 3.31. The van der Waals surface area contributed by atoms with Crippen molar-refractivity contribution in [2.45, 2.75) is 26.4 Å². The Morgan fingerprint density at radius 1 is 1.07 bits per heavy atom. The molecule has 7 heteroatoms. The first-order valence-corrected chi connectivity index (χ1v) is 8.49. The fourth-order valence-corrected chi connectivity index (χ4v) is 2.21. The van der Waals surface area contributed by atoms with Gasteiger partial charge in [-0.25, -0.2) is 5.43 Å². The van der Waals surface area contributed by atoms with E-state index in [0.717, 1.165) is 11.3 Å². The van der Waals surface area contributed by atoms with E-state index in [-0.39, 0.29) is 12.5 Å². The fourth-order valence-electron chi connectivity index (χ4n) is 2.21. The van der Waals surface area contributed by atoms with E-state index in [4.69, 9.17) is 9.47 Å². The molecule has 2 rings (SSSR count). The molecule has 2 N–H and O–H groups in total. The van der Waals surface area contributed by atoms with Crippen molar-refractivity contribution in [2.75, 3.05) is 12.4 Å². The minimum absolute atomic E-state index is 0.0694. The number of ether oxygens (including phenoxy) is 2. The zero-order chi connectivity index (χ0) is 19.6. The van der Waals surface area contributed by atoms with Gasteiger partial charge in [-0.3, -0.25) is 9.59 Å². The maximum Gasteiger partial charge on any atom is 0.249 e. The van der Waals surface area contributed by atoms with E-state index in [1.807, 2.05) is 38.1 Å². The highest BCUT2D eigenvalue weighted by Gasteiger charge is 2.09. The van der Waals surface area contributed by atoms with Crippen LogP contribution in [0.4, 0.5) is 5.69 Å². The normalized spacial score (nSPS) is 10.7. The highest BCUT2D eigenvalue weighted by atomic mass is 16.5. The van der Waals surface area contributed by atoms with Gasteiger partial charge in [-0.1, -0.05) is 18.2 Å². The maximum absolute atomic E-state index is 11.9. The zero-order valence-electron chi connectivity index (χ0n) is 15.6. The van der Waals surface area contributed by atoms with Crippen LogP contribution in [-0.4, -0.2) is 31.2 Å². The SMILES string of the molecule is COc1cccc(NC(=O)CC(=O)NN=Cc2cccc(OC(C)C)c2)c1. The molecule has 2 aromatic carbocycles. The average molecular weight is 369 g/mol. The second kappa shape index (κ2) is 9.96. The Bertz CT molecular complexity index is 818. The lowest BCUT2D eigenvalue weighted by molar-refractivity contribution is -0.126. The van der Waals surface area contributed by atoms with Crippen LogP contribution in [0.3, 0.4) is 0 Å². The summed E-state index contributed by atoms with van der Waals surface area (Å²) in [6, 6.07) is 14.2. The van der Waals surface area contributed by atoms with Crippen molar-refractivity contribution in [3.8, 4) is 11.5 Å². The molecule has 0 aliphatic heterocycles. The largest absolute Gasteiger partial charge is 0.497 e. The highest BCUT2D eigenvalue weighted by Crippen LogP contribution is 2.16. The quantitative estimate of drug-likeness (QED) is 0.425. The molecule has 2 amide bonds. The molecular weight excluding hydrogens is 346 g/mol. The summed E-state index contributed by atoms with van der Waals surface area (Å²) in [5.74, 6) is 0.382. The minimum Gasteiger partial charge on any atom is -0.497 e. The van der Waals surface area contributed by atoms with Gasteiger partial charge in [-0.05, 0) is 43.7 Å². The van der Waals surface area contributed by atoms with Crippen LogP contribution in [0.15, 0.2) is 53.6 Å². The van der Waals surface area contributed by atoms with Gasteiger partial charge < -0.3 is 14.8 Å². The van der Waals surface area contributed by atoms with Crippen molar-refractivity contribution in [1.29, 1.82) is 0 Å². The molecule has 0 heterocycles. The van der Waals surface area contributed by atoms with Crippen LogP contribution in [0.5, 0.6) is 11.5 Å². The first-order valence-electron chi connectivity index (χ1n) is 8.49. The van der Waals surface area contributed by atoms with Crippen molar-refractivity contribution in [1.82, 2.24) is 5.43 Å². The van der Waals surface area contributed by atoms with Crippen LogP contribution in [0.25, 0.3) is 0 Å². The molecule has 0 saturated carbocycles. The average Bonchev–Trinajstić information content (AvgIpc) is 2.61. The summed E-state index contributed by atoms with van der Waals surface area (Å²) >= 11 is 0. The molecule has 0 unspecified atom stereocenters. The van der Waals surface area contributed by atoms with Crippen LogP contribution in [0.2, 0.25) is 0 Å². The second-order valence-corrected chi connectivity index (χ2v) is 5.99. The Labute approximate surface area is 158 Å². The van der Waals surface area contributed by atoms with E-state index in [1.165, 1.54) is 13.3 Å². The van der Waals surface area contributed by atoms with Gasteiger partial charge in [0.05, 0.1) is 19.4 Å². The second-order valence-electron chi connectivity index (χ2n) is 5.99. The van der Waals surface area contributed by atoms with Gasteiger partial charge in [0, 0.05) is 11.8 Å². The number of rotatable bonds is 8. The standard InChI is InChI=1S/C20H23N3O4/c1-14(2)27-18-9-4-6-15(10-18)13-21-23-20(25)12-19(24)22-16-7-5-8-17(11-16)26-3/h4-11,13-14H,12H2,1-3H3,(H,22,24)(H,23,25). The van der Waals surface area contributed by atoms with Gasteiger partial charge in [-0.2, -0.15) is 5.10 Å². The summed E-state index contributed by atoms with van der Waals surface area (Å²) in [7, 11) is 1.54. The van der Waals surface area contributed by atoms with Crippen LogP contribution < -0.4 is 20.2 Å². The summed E-state index contributed by atoms with van der Waals surface area (Å²) in [4.78, 5) is 23.8. The molecule has 0 aliphatic rings. The molecule has 2 aromatic rings. The Hall–Kier alpha value is -3.35. The third-order valence-corrected chi connectivity index (χ3v) is 3.31. The van der Waals surface area contributed by atoms with Crippen molar-refractivity contribution < 1.29 is 19.1 Å². The summed E-state index contributed by atoms with van der Waals surface area (Å²) < 4.78 is 10.7. The third kappa shape index (κ3) is 7.19. The van der Waals surface area contributed by atoms with Gasteiger partial charge in [-0.15, -0.1) is 0 Å². The lowest BCUT2D eigenvalue weighted by Gasteiger charge is -2.09. The monoisotopic (exact) mass is 369 g/mol. The van der Waals surface area contributed by atoms with Gasteiger partial charge in [0.15, 0.2) is 0 Å². The number of benzene rings is 2. The number of carbonyl (C=O) groups is 2. The van der Waals surface area contributed by atoms with Crippen molar-refractivity contribution >= 4 is 23.7 Å². The summed E-state index contributed by atoms with van der Waals surface area (Å²) in [5.41, 5.74) is 3.66. The number of amides is 2. The lowest BCUT2D eigenvalue weighted by atomic mass is 10.2. The number of nitrogens with zero attached hydrogens (tertiary/aromatic N) is 1. The molecule has 0 fully saturated rings. The number of anilines is 1. The molecule has 0 radical (unpaired) electrons. The van der Waals surface area contributed by atoms with Crippen molar-refractivity contribution in [2.24, 2.45) is 5.10 Å². The summed E-state index contributed by atoms with van der Waals surface area (Å²) in [5, 5.41) is 6.50. The van der Waals surface area contributed by atoms with Crippen molar-refractivity contribution in [3.05, 3.63) is 54.1 Å². The maximum atomic E-state index is 11.9. The molecule has 0 aliphatic carbocycles.